The lowest BCUT2D eigenvalue weighted by molar-refractivity contribution is 0.0945. The van der Waals surface area contributed by atoms with Crippen LogP contribution in [0.15, 0.2) is 89.8 Å². The van der Waals surface area contributed by atoms with Crippen LogP contribution in [0.2, 0.25) is 0 Å². The molecule has 0 fully saturated rings. The van der Waals surface area contributed by atoms with Gasteiger partial charge in [0.1, 0.15) is 12.0 Å². The summed E-state index contributed by atoms with van der Waals surface area (Å²) in [7, 11) is 1.66. The summed E-state index contributed by atoms with van der Waals surface area (Å²) in [5.41, 5.74) is 3.47. The summed E-state index contributed by atoms with van der Waals surface area (Å²) in [5, 5.41) is 2.85. The van der Waals surface area contributed by atoms with E-state index in [0.29, 0.717) is 25.5 Å². The lowest BCUT2D eigenvalue weighted by Crippen LogP contribution is -2.27. The first kappa shape index (κ1) is 23.2. The van der Waals surface area contributed by atoms with Crippen molar-refractivity contribution >= 4 is 5.91 Å². The van der Waals surface area contributed by atoms with Crippen molar-refractivity contribution in [1.82, 2.24) is 20.2 Å². The van der Waals surface area contributed by atoms with Crippen molar-refractivity contribution in [2.24, 2.45) is 0 Å². The van der Waals surface area contributed by atoms with Gasteiger partial charge in [0.25, 0.3) is 5.91 Å². The Kier molecular flexibility index (Phi) is 7.67. The molecule has 4 aromatic rings. The van der Waals surface area contributed by atoms with Crippen LogP contribution in [0.4, 0.5) is 0 Å². The van der Waals surface area contributed by atoms with Gasteiger partial charge in [-0.15, -0.1) is 0 Å². The highest BCUT2D eigenvalue weighted by atomic mass is 16.5. The van der Waals surface area contributed by atoms with Crippen molar-refractivity contribution in [1.29, 1.82) is 0 Å². The second-order valence-electron chi connectivity index (χ2n) is 8.01. The van der Waals surface area contributed by atoms with Crippen LogP contribution in [0.3, 0.4) is 0 Å². The zero-order valence-corrected chi connectivity index (χ0v) is 19.3. The van der Waals surface area contributed by atoms with Gasteiger partial charge in [-0.05, 0) is 41.8 Å². The lowest BCUT2D eigenvalue weighted by Gasteiger charge is -2.28. The summed E-state index contributed by atoms with van der Waals surface area (Å²) in [5.74, 6) is 1.01. The normalized spacial score (nSPS) is 11.9. The first-order valence-corrected chi connectivity index (χ1v) is 11.2. The van der Waals surface area contributed by atoms with Crippen molar-refractivity contribution < 1.29 is 13.9 Å². The van der Waals surface area contributed by atoms with E-state index >= 15 is 0 Å². The summed E-state index contributed by atoms with van der Waals surface area (Å²) < 4.78 is 11.1. The molecule has 2 aromatic heterocycles. The predicted molar refractivity (Wildman–Crippen MR) is 129 cm³/mol. The standard InChI is InChI=1S/C27H28N4O3/c1-20(23-10-4-3-5-11-23)31(17-21-8-6-12-24(14-21)33-2)18-26-30-25(19-34-26)27(32)29-16-22-9-7-13-28-15-22/h3-15,19-20H,16-18H2,1-2H3,(H,29,32). The quantitative estimate of drug-likeness (QED) is 0.370. The number of carbonyl (C=O) groups is 1. The van der Waals surface area contributed by atoms with E-state index in [0.717, 1.165) is 16.9 Å². The molecule has 0 saturated heterocycles. The number of hydrogen-bond acceptors (Lipinski definition) is 6. The van der Waals surface area contributed by atoms with E-state index in [2.05, 4.69) is 45.3 Å². The van der Waals surface area contributed by atoms with E-state index in [-0.39, 0.29) is 17.6 Å². The Morgan fingerprint density at radius 3 is 2.65 bits per heavy atom. The Balaban J connectivity index is 1.48. The molecule has 2 heterocycles. The van der Waals surface area contributed by atoms with Gasteiger partial charge in [-0.2, -0.15) is 0 Å². The number of rotatable bonds is 10. The predicted octanol–water partition coefficient (Wildman–Crippen LogP) is 4.77. The SMILES string of the molecule is COc1cccc(CN(Cc2nc(C(=O)NCc3cccnc3)co2)C(C)c2ccccc2)c1. The molecule has 0 spiro atoms. The van der Waals surface area contributed by atoms with Crippen molar-refractivity contribution in [3.8, 4) is 5.75 Å². The second kappa shape index (κ2) is 11.2. The third-order valence-electron chi connectivity index (χ3n) is 5.65. The zero-order chi connectivity index (χ0) is 23.8. The Hall–Kier alpha value is -3.97. The molecule has 34 heavy (non-hydrogen) atoms. The molecule has 0 saturated carbocycles. The van der Waals surface area contributed by atoms with Gasteiger partial charge >= 0.3 is 0 Å². The number of benzene rings is 2. The number of nitrogens with zero attached hydrogens (tertiary/aromatic N) is 3. The molecule has 0 aliphatic carbocycles. The van der Waals surface area contributed by atoms with Crippen LogP contribution < -0.4 is 10.1 Å². The molecule has 1 N–H and O–H groups in total. The molecule has 2 aromatic carbocycles. The van der Waals surface area contributed by atoms with Crippen LogP contribution in [-0.4, -0.2) is 27.9 Å². The minimum Gasteiger partial charge on any atom is -0.497 e. The molecule has 1 unspecified atom stereocenters. The van der Waals surface area contributed by atoms with Gasteiger partial charge in [-0.3, -0.25) is 14.7 Å². The van der Waals surface area contributed by atoms with E-state index in [4.69, 9.17) is 9.15 Å². The molecule has 0 bridgehead atoms. The van der Waals surface area contributed by atoms with Crippen molar-refractivity contribution in [2.45, 2.75) is 32.6 Å². The molecule has 1 amide bonds. The maximum Gasteiger partial charge on any atom is 0.273 e. The minimum absolute atomic E-state index is 0.0992. The van der Waals surface area contributed by atoms with Gasteiger partial charge in [0.05, 0.1) is 13.7 Å². The van der Waals surface area contributed by atoms with Crippen LogP contribution in [0, 0.1) is 0 Å². The van der Waals surface area contributed by atoms with Gasteiger partial charge in [0.2, 0.25) is 5.89 Å². The molecule has 174 valence electrons. The summed E-state index contributed by atoms with van der Waals surface area (Å²) in [6.07, 6.45) is 4.82. The van der Waals surface area contributed by atoms with Gasteiger partial charge < -0.3 is 14.5 Å². The molecule has 0 aliphatic heterocycles. The number of nitrogens with one attached hydrogen (secondary N) is 1. The average Bonchev–Trinajstić information content (AvgIpc) is 3.36. The summed E-state index contributed by atoms with van der Waals surface area (Å²) in [6, 6.07) is 22.1. The first-order valence-electron chi connectivity index (χ1n) is 11.2. The number of hydrogen-bond donors (Lipinski definition) is 1. The molecular weight excluding hydrogens is 428 g/mol. The third kappa shape index (κ3) is 6.08. The van der Waals surface area contributed by atoms with E-state index in [9.17, 15) is 4.79 Å². The third-order valence-corrected chi connectivity index (χ3v) is 5.65. The van der Waals surface area contributed by atoms with Crippen molar-refractivity contribution in [3.63, 3.8) is 0 Å². The highest BCUT2D eigenvalue weighted by molar-refractivity contribution is 5.91. The number of pyridine rings is 1. The highest BCUT2D eigenvalue weighted by Gasteiger charge is 2.20. The summed E-state index contributed by atoms with van der Waals surface area (Å²) >= 11 is 0. The number of ether oxygens (including phenoxy) is 1. The highest BCUT2D eigenvalue weighted by Crippen LogP contribution is 2.25. The number of methoxy groups -OCH3 is 1. The summed E-state index contributed by atoms with van der Waals surface area (Å²) in [4.78, 5) is 23.3. The van der Waals surface area contributed by atoms with E-state index in [1.54, 1.807) is 19.5 Å². The van der Waals surface area contributed by atoms with Crippen molar-refractivity contribution in [2.75, 3.05) is 7.11 Å². The zero-order valence-electron chi connectivity index (χ0n) is 19.3. The van der Waals surface area contributed by atoms with Crippen LogP contribution in [-0.2, 0) is 19.6 Å². The molecule has 7 heteroatoms. The summed E-state index contributed by atoms with van der Waals surface area (Å²) in [6.45, 7) is 3.64. The van der Waals surface area contributed by atoms with Crippen LogP contribution >= 0.6 is 0 Å². The number of aromatic nitrogens is 2. The van der Waals surface area contributed by atoms with Crippen LogP contribution in [0.25, 0.3) is 0 Å². The fraction of sp³-hybridized carbons (Fsp3) is 0.222. The Morgan fingerprint density at radius 2 is 1.88 bits per heavy atom. The van der Waals surface area contributed by atoms with Gasteiger partial charge in [0, 0.05) is 31.5 Å². The van der Waals surface area contributed by atoms with Gasteiger partial charge in [0.15, 0.2) is 5.69 Å². The Bertz CT molecular complexity index is 1190. The fourth-order valence-electron chi connectivity index (χ4n) is 3.71. The molecule has 0 radical (unpaired) electrons. The monoisotopic (exact) mass is 456 g/mol. The molecule has 1 atom stereocenters. The number of oxazole rings is 1. The van der Waals surface area contributed by atoms with E-state index < -0.39 is 0 Å². The lowest BCUT2D eigenvalue weighted by atomic mass is 10.1. The molecule has 0 aliphatic rings. The largest absolute Gasteiger partial charge is 0.497 e. The first-order chi connectivity index (χ1) is 16.6. The number of amides is 1. The van der Waals surface area contributed by atoms with Crippen LogP contribution in [0.5, 0.6) is 5.75 Å². The smallest absolute Gasteiger partial charge is 0.273 e. The van der Waals surface area contributed by atoms with E-state index in [1.165, 1.54) is 11.8 Å². The maximum absolute atomic E-state index is 12.6. The second-order valence-corrected chi connectivity index (χ2v) is 8.01. The molecule has 7 nitrogen and oxygen atoms in total. The average molecular weight is 457 g/mol. The maximum atomic E-state index is 12.6. The van der Waals surface area contributed by atoms with Gasteiger partial charge in [-0.1, -0.05) is 48.5 Å². The topological polar surface area (TPSA) is 80.5 Å². The minimum atomic E-state index is -0.283. The van der Waals surface area contributed by atoms with E-state index in [1.807, 2.05) is 48.5 Å². The van der Waals surface area contributed by atoms with Gasteiger partial charge in [-0.25, -0.2) is 4.98 Å². The Labute approximate surface area is 199 Å². The fourth-order valence-corrected chi connectivity index (χ4v) is 3.71. The molecular formula is C27H28N4O3. The van der Waals surface area contributed by atoms with Crippen molar-refractivity contribution in [3.05, 3.63) is 114 Å². The molecule has 4 rings (SSSR count). The number of carbonyl (C=O) groups excluding carboxylic acids is 1. The Morgan fingerprint density at radius 1 is 1.06 bits per heavy atom. The van der Waals surface area contributed by atoms with Crippen LogP contribution in [0.1, 0.15) is 46.0 Å².